The lowest BCUT2D eigenvalue weighted by Gasteiger charge is -2.26. The van der Waals surface area contributed by atoms with E-state index < -0.39 is 0 Å². The fraction of sp³-hybridized carbons (Fsp3) is 0.438. The van der Waals surface area contributed by atoms with Gasteiger partial charge in [-0.05, 0) is 24.3 Å². The fourth-order valence-electron chi connectivity index (χ4n) is 2.37. The average molecular weight is 332 g/mol. The Hall–Kier alpha value is -2.61. The summed E-state index contributed by atoms with van der Waals surface area (Å²) in [5.41, 5.74) is 0.850. The summed E-state index contributed by atoms with van der Waals surface area (Å²) in [6.45, 7) is 2.85. The van der Waals surface area contributed by atoms with Crippen LogP contribution >= 0.6 is 0 Å². The van der Waals surface area contributed by atoms with Gasteiger partial charge in [0.1, 0.15) is 5.75 Å². The number of aromatic nitrogens is 2. The largest absolute Gasteiger partial charge is 0.497 e. The van der Waals surface area contributed by atoms with Gasteiger partial charge in [0.05, 0.1) is 20.3 Å². The van der Waals surface area contributed by atoms with Crippen molar-refractivity contribution in [3.8, 4) is 17.1 Å². The van der Waals surface area contributed by atoms with Crippen LogP contribution in [0.2, 0.25) is 0 Å². The Morgan fingerprint density at radius 1 is 1.29 bits per heavy atom. The summed E-state index contributed by atoms with van der Waals surface area (Å²) in [6, 6.07) is 7.33. The first-order valence-corrected chi connectivity index (χ1v) is 7.84. The Morgan fingerprint density at radius 3 is 2.75 bits per heavy atom. The van der Waals surface area contributed by atoms with Crippen molar-refractivity contribution in [2.75, 3.05) is 40.0 Å². The zero-order valence-corrected chi connectivity index (χ0v) is 13.5. The minimum atomic E-state index is -0.0896. The monoisotopic (exact) mass is 332 g/mol. The van der Waals surface area contributed by atoms with E-state index in [4.69, 9.17) is 14.0 Å². The molecule has 0 spiro atoms. The number of methoxy groups -OCH3 is 1. The van der Waals surface area contributed by atoms with Crippen LogP contribution in [0.15, 0.2) is 28.8 Å². The molecule has 8 heteroatoms. The van der Waals surface area contributed by atoms with Gasteiger partial charge in [0.15, 0.2) is 0 Å². The number of nitrogens with zero attached hydrogens (tertiary/aromatic N) is 3. The predicted octanol–water partition coefficient (Wildman–Crippen LogP) is 1.33. The molecule has 1 fully saturated rings. The third kappa shape index (κ3) is 4.02. The van der Waals surface area contributed by atoms with Gasteiger partial charge in [-0.3, -0.25) is 0 Å². The van der Waals surface area contributed by atoms with Crippen molar-refractivity contribution < 1.29 is 18.8 Å². The highest BCUT2D eigenvalue weighted by atomic mass is 16.5. The molecule has 128 valence electrons. The summed E-state index contributed by atoms with van der Waals surface area (Å²) in [5, 5.41) is 6.82. The van der Waals surface area contributed by atoms with Gasteiger partial charge in [-0.15, -0.1) is 0 Å². The van der Waals surface area contributed by atoms with E-state index in [0.29, 0.717) is 51.0 Å². The SMILES string of the molecule is COc1ccc(-c2noc(CCNC(=O)N3CCOCC3)n2)cc1. The minimum Gasteiger partial charge on any atom is -0.497 e. The van der Waals surface area contributed by atoms with E-state index in [1.807, 2.05) is 24.3 Å². The van der Waals surface area contributed by atoms with E-state index in [-0.39, 0.29) is 6.03 Å². The van der Waals surface area contributed by atoms with Crippen molar-refractivity contribution in [3.05, 3.63) is 30.2 Å². The molecule has 0 radical (unpaired) electrons. The molecule has 1 aromatic carbocycles. The van der Waals surface area contributed by atoms with Crippen molar-refractivity contribution in [3.63, 3.8) is 0 Å². The van der Waals surface area contributed by atoms with Crippen LogP contribution in [0.4, 0.5) is 4.79 Å². The fourth-order valence-corrected chi connectivity index (χ4v) is 2.37. The molecule has 2 heterocycles. The van der Waals surface area contributed by atoms with E-state index >= 15 is 0 Å². The molecule has 2 amide bonds. The van der Waals surface area contributed by atoms with Gasteiger partial charge in [-0.2, -0.15) is 4.98 Å². The van der Waals surface area contributed by atoms with Crippen molar-refractivity contribution in [1.82, 2.24) is 20.4 Å². The number of hydrogen-bond acceptors (Lipinski definition) is 6. The zero-order valence-electron chi connectivity index (χ0n) is 13.5. The molecule has 0 saturated carbocycles. The smallest absolute Gasteiger partial charge is 0.317 e. The van der Waals surface area contributed by atoms with Gasteiger partial charge in [0.2, 0.25) is 11.7 Å². The van der Waals surface area contributed by atoms with Gasteiger partial charge in [-0.25, -0.2) is 4.79 Å². The normalized spacial score (nSPS) is 14.5. The maximum atomic E-state index is 12.0. The van der Waals surface area contributed by atoms with Crippen LogP contribution < -0.4 is 10.1 Å². The molecule has 1 aliphatic rings. The van der Waals surface area contributed by atoms with Crippen LogP contribution in [0.3, 0.4) is 0 Å². The number of urea groups is 1. The number of benzene rings is 1. The first-order valence-electron chi connectivity index (χ1n) is 7.84. The highest BCUT2D eigenvalue weighted by Gasteiger charge is 2.16. The van der Waals surface area contributed by atoms with Gasteiger partial charge in [0.25, 0.3) is 0 Å². The van der Waals surface area contributed by atoms with Crippen molar-refractivity contribution in [2.24, 2.45) is 0 Å². The average Bonchev–Trinajstić information content (AvgIpc) is 3.11. The second kappa shape index (κ2) is 7.78. The molecule has 24 heavy (non-hydrogen) atoms. The van der Waals surface area contributed by atoms with E-state index in [9.17, 15) is 4.79 Å². The standard InChI is InChI=1S/C16H20N4O4/c1-22-13-4-2-12(3-5-13)15-18-14(24-19-15)6-7-17-16(21)20-8-10-23-11-9-20/h2-5H,6-11H2,1H3,(H,17,21). The predicted molar refractivity (Wildman–Crippen MR) is 85.8 cm³/mol. The molecule has 1 aliphatic heterocycles. The van der Waals surface area contributed by atoms with Crippen LogP contribution in [0.25, 0.3) is 11.4 Å². The number of carbonyl (C=O) groups is 1. The Balaban J connectivity index is 1.49. The molecule has 1 N–H and O–H groups in total. The molecule has 0 atom stereocenters. The summed E-state index contributed by atoms with van der Waals surface area (Å²) < 4.78 is 15.6. The molecule has 1 saturated heterocycles. The third-order valence-electron chi connectivity index (χ3n) is 3.73. The molecule has 1 aromatic heterocycles. The van der Waals surface area contributed by atoms with Crippen LogP contribution in [0.5, 0.6) is 5.75 Å². The zero-order chi connectivity index (χ0) is 16.8. The van der Waals surface area contributed by atoms with E-state index in [1.54, 1.807) is 12.0 Å². The summed E-state index contributed by atoms with van der Waals surface area (Å²) >= 11 is 0. The van der Waals surface area contributed by atoms with Gasteiger partial charge < -0.3 is 24.2 Å². The summed E-state index contributed by atoms with van der Waals surface area (Å²) in [6.07, 6.45) is 0.485. The maximum absolute atomic E-state index is 12.0. The molecular weight excluding hydrogens is 312 g/mol. The Bertz CT molecular complexity index is 665. The van der Waals surface area contributed by atoms with Crippen molar-refractivity contribution in [1.29, 1.82) is 0 Å². The van der Waals surface area contributed by atoms with Gasteiger partial charge >= 0.3 is 6.03 Å². The van der Waals surface area contributed by atoms with Crippen molar-refractivity contribution >= 4 is 6.03 Å². The lowest BCUT2D eigenvalue weighted by molar-refractivity contribution is 0.0532. The van der Waals surface area contributed by atoms with Crippen LogP contribution in [-0.2, 0) is 11.2 Å². The first kappa shape index (κ1) is 16.3. The topological polar surface area (TPSA) is 89.7 Å². The number of nitrogens with one attached hydrogen (secondary N) is 1. The van der Waals surface area contributed by atoms with Crippen LogP contribution in [0.1, 0.15) is 5.89 Å². The highest BCUT2D eigenvalue weighted by Crippen LogP contribution is 2.19. The quantitative estimate of drug-likeness (QED) is 0.888. The number of hydrogen-bond donors (Lipinski definition) is 1. The summed E-state index contributed by atoms with van der Waals surface area (Å²) in [7, 11) is 1.62. The lowest BCUT2D eigenvalue weighted by Crippen LogP contribution is -2.46. The Morgan fingerprint density at radius 2 is 2.04 bits per heavy atom. The van der Waals surface area contributed by atoms with E-state index in [0.717, 1.165) is 11.3 Å². The molecular formula is C16H20N4O4. The van der Waals surface area contributed by atoms with Crippen LogP contribution in [-0.4, -0.2) is 61.0 Å². The summed E-state index contributed by atoms with van der Waals surface area (Å²) in [5.74, 6) is 1.78. The number of carbonyl (C=O) groups excluding carboxylic acids is 1. The second-order valence-electron chi connectivity index (χ2n) is 5.32. The first-order chi connectivity index (χ1) is 11.8. The Kier molecular flexibility index (Phi) is 5.27. The third-order valence-corrected chi connectivity index (χ3v) is 3.73. The van der Waals surface area contributed by atoms with E-state index in [2.05, 4.69) is 15.5 Å². The number of morpholine rings is 1. The Labute approximate surface area is 139 Å². The van der Waals surface area contributed by atoms with Crippen molar-refractivity contribution in [2.45, 2.75) is 6.42 Å². The molecule has 0 unspecified atom stereocenters. The second-order valence-corrected chi connectivity index (χ2v) is 5.32. The molecule has 3 rings (SSSR count). The number of amides is 2. The minimum absolute atomic E-state index is 0.0896. The molecule has 0 bridgehead atoms. The maximum Gasteiger partial charge on any atom is 0.317 e. The molecule has 2 aromatic rings. The van der Waals surface area contributed by atoms with Crippen LogP contribution in [0, 0.1) is 0 Å². The molecule has 0 aliphatic carbocycles. The van der Waals surface area contributed by atoms with Gasteiger partial charge in [-0.1, -0.05) is 5.16 Å². The van der Waals surface area contributed by atoms with Gasteiger partial charge in [0, 0.05) is 31.6 Å². The number of rotatable bonds is 5. The molecule has 8 nitrogen and oxygen atoms in total. The van der Waals surface area contributed by atoms with E-state index in [1.165, 1.54) is 0 Å². The number of ether oxygens (including phenoxy) is 2. The summed E-state index contributed by atoms with van der Waals surface area (Å²) in [4.78, 5) is 18.0. The lowest BCUT2D eigenvalue weighted by atomic mass is 10.2. The highest BCUT2D eigenvalue weighted by molar-refractivity contribution is 5.74.